The lowest BCUT2D eigenvalue weighted by atomic mass is 9.71. The number of piperazine rings is 1. The van der Waals surface area contributed by atoms with E-state index in [0.29, 0.717) is 32.6 Å². The summed E-state index contributed by atoms with van der Waals surface area (Å²) in [5, 5.41) is 24.7. The van der Waals surface area contributed by atoms with Crippen molar-refractivity contribution in [2.24, 2.45) is 23.7 Å². The van der Waals surface area contributed by atoms with Gasteiger partial charge in [0.05, 0.1) is 18.4 Å². The third kappa shape index (κ3) is 5.90. The predicted molar refractivity (Wildman–Crippen MR) is 164 cm³/mol. The van der Waals surface area contributed by atoms with E-state index in [9.17, 15) is 9.90 Å². The van der Waals surface area contributed by atoms with E-state index < -0.39 is 36.7 Å². The van der Waals surface area contributed by atoms with Crippen molar-refractivity contribution in [1.82, 2.24) is 36.0 Å². The van der Waals surface area contributed by atoms with Gasteiger partial charge in [0.15, 0.2) is 0 Å². The van der Waals surface area contributed by atoms with Gasteiger partial charge in [-0.15, -0.1) is 0 Å². The number of carbonyl (C=O) groups is 1. The number of aliphatic hydroxyl groups is 1. The zero-order valence-corrected chi connectivity index (χ0v) is 26.0. The lowest BCUT2D eigenvalue weighted by molar-refractivity contribution is -0.103. The van der Waals surface area contributed by atoms with Crippen LogP contribution in [0.5, 0.6) is 0 Å². The van der Waals surface area contributed by atoms with Crippen LogP contribution in [0.2, 0.25) is 0 Å². The predicted octanol–water partition coefficient (Wildman–Crippen LogP) is 2.16. The van der Waals surface area contributed by atoms with E-state index in [4.69, 9.17) is 0 Å². The van der Waals surface area contributed by atoms with Crippen LogP contribution in [0.4, 0.5) is 13.6 Å². The zero-order valence-electron chi connectivity index (χ0n) is 26.0. The number of aliphatic hydroxyl groups excluding tert-OH is 1. The van der Waals surface area contributed by atoms with Crippen molar-refractivity contribution < 1.29 is 18.7 Å². The van der Waals surface area contributed by atoms with Crippen LogP contribution in [-0.4, -0.2) is 120 Å². The summed E-state index contributed by atoms with van der Waals surface area (Å²) < 4.78 is 32.3. The molecule has 0 radical (unpaired) electrons. The molecule has 0 aromatic carbocycles. The molecule has 2 amide bonds. The first-order valence-corrected chi connectivity index (χ1v) is 16.8. The van der Waals surface area contributed by atoms with Gasteiger partial charge in [-0.3, -0.25) is 15.1 Å². The summed E-state index contributed by atoms with van der Waals surface area (Å²) in [6, 6.07) is -0.943. The molecule has 2 bridgehead atoms. The number of rotatable bonds is 4. The molecular weight excluding hydrogens is 552 g/mol. The van der Waals surface area contributed by atoms with Crippen LogP contribution in [-0.2, 0) is 0 Å². The Morgan fingerprint density at radius 2 is 1.93 bits per heavy atom. The minimum absolute atomic E-state index is 0.0276. The lowest BCUT2D eigenvalue weighted by Gasteiger charge is -2.60. The summed E-state index contributed by atoms with van der Waals surface area (Å²) in [4.78, 5) is 20.6. The number of nitrogens with zero attached hydrogens (tertiary/aromatic N) is 3. The Morgan fingerprint density at radius 3 is 2.67 bits per heavy atom. The molecule has 43 heavy (non-hydrogen) atoms. The lowest BCUT2D eigenvalue weighted by Crippen LogP contribution is -2.80. The Hall–Kier alpha value is -1.63. The number of halogens is 2. The monoisotopic (exact) mass is 605 g/mol. The number of alkyl halides is 2. The Labute approximate surface area is 255 Å². The van der Waals surface area contributed by atoms with Crippen LogP contribution in [0.3, 0.4) is 0 Å². The molecule has 242 valence electrons. The molecule has 4 saturated heterocycles. The molecule has 0 aromatic rings. The molecule has 1 saturated carbocycles. The summed E-state index contributed by atoms with van der Waals surface area (Å²) in [5.74, 6) is -0.281. The molecule has 6 rings (SSSR count). The zero-order chi connectivity index (χ0) is 30.4. The van der Waals surface area contributed by atoms with Crippen molar-refractivity contribution in [3.05, 3.63) is 24.8 Å². The van der Waals surface area contributed by atoms with Crippen molar-refractivity contribution in [3.63, 3.8) is 0 Å². The van der Waals surface area contributed by atoms with Gasteiger partial charge in [0.25, 0.3) is 0 Å². The standard InChI is InChI=1S/C32H53F2N7O2/c1-5-25(42)39-14-15-40(19(4)17-39)30-21-16-23(34)28-26-22(33)9-6-10-24(26)35-12-7-8-20-11-13-36-27(18(2)3)29(20)41(31(21)37-28)32(43)38-30/h5,7-8,18-31,35-37,42H,1,6,9-17H2,2-4H3,(H,38,43)/b8-7-/t19-,20?,21?,22?,23?,24?,25?,26?,27?,28?,29?,30?,31?/m0/s1. The van der Waals surface area contributed by atoms with Gasteiger partial charge in [0.2, 0.25) is 0 Å². The first-order valence-electron chi connectivity index (χ1n) is 16.8. The number of carbonyl (C=O) groups excluding carboxylic acids is 1. The summed E-state index contributed by atoms with van der Waals surface area (Å²) in [6.07, 6.45) is 5.36. The molecule has 0 aromatic heterocycles. The first-order chi connectivity index (χ1) is 20.7. The van der Waals surface area contributed by atoms with Crippen molar-refractivity contribution in [2.75, 3.05) is 32.7 Å². The maximum Gasteiger partial charge on any atom is 0.320 e. The van der Waals surface area contributed by atoms with Gasteiger partial charge in [0, 0.05) is 68.1 Å². The highest BCUT2D eigenvalue weighted by atomic mass is 19.1. The molecule has 5 heterocycles. The Morgan fingerprint density at radius 1 is 1.12 bits per heavy atom. The normalized spacial score (nSPS) is 46.0. The van der Waals surface area contributed by atoms with E-state index in [1.165, 1.54) is 6.08 Å². The van der Waals surface area contributed by atoms with Gasteiger partial charge in [-0.25, -0.2) is 13.6 Å². The van der Waals surface area contributed by atoms with E-state index in [1.54, 1.807) is 0 Å². The Kier molecular flexibility index (Phi) is 9.48. The smallest absolute Gasteiger partial charge is 0.320 e. The highest BCUT2D eigenvalue weighted by Gasteiger charge is 2.57. The number of fused-ring (bicyclic) bond motifs is 5. The number of nitrogens with one attached hydrogen (secondary N) is 4. The minimum Gasteiger partial charge on any atom is -0.375 e. The fraction of sp³-hybridized carbons (Fsp3) is 0.844. The molecule has 5 fully saturated rings. The van der Waals surface area contributed by atoms with Crippen molar-refractivity contribution >= 4 is 6.03 Å². The van der Waals surface area contributed by atoms with Crippen LogP contribution < -0.4 is 21.3 Å². The van der Waals surface area contributed by atoms with Crippen LogP contribution in [0, 0.1) is 23.7 Å². The van der Waals surface area contributed by atoms with Crippen molar-refractivity contribution in [1.29, 1.82) is 0 Å². The number of hydrogen-bond acceptors (Lipinski definition) is 7. The molecule has 6 aliphatic rings. The minimum atomic E-state index is -1.23. The maximum atomic E-state index is 16.5. The van der Waals surface area contributed by atoms with Gasteiger partial charge in [-0.1, -0.05) is 32.6 Å². The SMILES string of the molecule is C=CC(O)N1CCN(C2NC(=O)N3C4NC(C(F)CC42)C2C(F)CCCC2NC/C=C\C2CCNC(C(C)C)C23)[C@@H](C)C1. The van der Waals surface area contributed by atoms with Crippen LogP contribution in [0.25, 0.3) is 0 Å². The number of hydrogen-bond donors (Lipinski definition) is 5. The van der Waals surface area contributed by atoms with Crippen molar-refractivity contribution in [2.45, 2.75) is 114 Å². The molecule has 1 aliphatic carbocycles. The van der Waals surface area contributed by atoms with Gasteiger partial charge >= 0.3 is 6.03 Å². The highest BCUT2D eigenvalue weighted by molar-refractivity contribution is 5.76. The summed E-state index contributed by atoms with van der Waals surface area (Å²) in [5.41, 5.74) is 0. The van der Waals surface area contributed by atoms with Crippen LogP contribution in [0.15, 0.2) is 24.8 Å². The molecule has 0 spiro atoms. The molecule has 5 aliphatic heterocycles. The highest BCUT2D eigenvalue weighted by Crippen LogP contribution is 2.42. The topological polar surface area (TPSA) is 95.1 Å². The quantitative estimate of drug-likeness (QED) is 0.314. The van der Waals surface area contributed by atoms with Crippen LogP contribution >= 0.6 is 0 Å². The van der Waals surface area contributed by atoms with Gasteiger partial charge < -0.3 is 26.0 Å². The third-order valence-corrected chi connectivity index (χ3v) is 11.4. The molecule has 11 heteroatoms. The molecular formula is C32H53F2N7O2. The van der Waals surface area contributed by atoms with E-state index in [2.05, 4.69) is 65.7 Å². The number of amides is 2. The van der Waals surface area contributed by atoms with Gasteiger partial charge in [-0.2, -0.15) is 0 Å². The Bertz CT molecular complexity index is 1030. The van der Waals surface area contributed by atoms with Gasteiger partial charge in [-0.05, 0) is 57.6 Å². The maximum absolute atomic E-state index is 16.5. The summed E-state index contributed by atoms with van der Waals surface area (Å²) in [6.45, 7) is 13.6. The Balaban J connectivity index is 1.38. The fourth-order valence-electron chi connectivity index (χ4n) is 9.33. The second kappa shape index (κ2) is 13.0. The van der Waals surface area contributed by atoms with E-state index in [0.717, 1.165) is 25.8 Å². The van der Waals surface area contributed by atoms with E-state index in [-0.39, 0.29) is 60.5 Å². The van der Waals surface area contributed by atoms with Crippen molar-refractivity contribution in [3.8, 4) is 0 Å². The fourth-order valence-corrected chi connectivity index (χ4v) is 9.33. The summed E-state index contributed by atoms with van der Waals surface area (Å²) >= 11 is 0. The second-order valence-electron chi connectivity index (χ2n) is 14.2. The molecule has 5 N–H and O–H groups in total. The number of piperidine rings is 2. The molecule has 13 atom stereocenters. The molecule has 9 nitrogen and oxygen atoms in total. The third-order valence-electron chi connectivity index (χ3n) is 11.4. The van der Waals surface area contributed by atoms with E-state index in [1.807, 2.05) is 9.80 Å². The summed E-state index contributed by atoms with van der Waals surface area (Å²) in [7, 11) is 0. The second-order valence-corrected chi connectivity index (χ2v) is 14.2. The van der Waals surface area contributed by atoms with Crippen LogP contribution in [0.1, 0.15) is 52.9 Å². The largest absolute Gasteiger partial charge is 0.375 e. The van der Waals surface area contributed by atoms with E-state index >= 15 is 8.78 Å². The number of urea groups is 1. The first kappa shape index (κ1) is 31.4. The molecule has 12 unspecified atom stereocenters. The average Bonchev–Trinajstić information content (AvgIpc) is 2.98. The average molecular weight is 606 g/mol. The van der Waals surface area contributed by atoms with Gasteiger partial charge in [0.1, 0.15) is 18.6 Å².